The molecule has 2 atom stereocenters. The Bertz CT molecular complexity index is 2740. The Morgan fingerprint density at radius 1 is 0.770 bits per heavy atom. The number of rotatable bonds is 17. The number of oxazole rings is 1. The molecule has 61 heavy (non-hydrogen) atoms. The molecule has 0 amide bonds. The molecule has 2 heterocycles. The van der Waals surface area contributed by atoms with Gasteiger partial charge in [-0.2, -0.15) is 8.90 Å². The van der Waals surface area contributed by atoms with E-state index in [-0.39, 0.29) is 18.2 Å². The van der Waals surface area contributed by atoms with E-state index in [2.05, 4.69) is 27.8 Å². The van der Waals surface area contributed by atoms with E-state index in [1.165, 1.54) is 0 Å². The molecule has 0 bridgehead atoms. The molecule has 2 unspecified atom stereocenters. The molecule has 8 rings (SSSR count). The van der Waals surface area contributed by atoms with Crippen LogP contribution in [0.15, 0.2) is 180 Å². The summed E-state index contributed by atoms with van der Waals surface area (Å²) < 4.78 is 58.2. The maximum absolute atomic E-state index is 12.7. The van der Waals surface area contributed by atoms with Crippen molar-refractivity contribution >= 4 is 45.0 Å². The van der Waals surface area contributed by atoms with Gasteiger partial charge in [-0.25, -0.2) is 8.42 Å². The molecule has 0 N–H and O–H groups in total. The van der Waals surface area contributed by atoms with Gasteiger partial charge in [0, 0.05) is 37.2 Å². The molecule has 1 aliphatic rings. The normalized spacial score (nSPS) is 14.6. The summed E-state index contributed by atoms with van der Waals surface area (Å²) in [5, 5.41) is 13.2. The van der Waals surface area contributed by atoms with Crippen LogP contribution in [0, 0.1) is 0 Å². The summed E-state index contributed by atoms with van der Waals surface area (Å²) in [7, 11) is -4.69. The van der Waals surface area contributed by atoms with Crippen molar-refractivity contribution in [1.82, 2.24) is 0 Å². The summed E-state index contributed by atoms with van der Waals surface area (Å²) in [6.45, 7) is 2.73. The van der Waals surface area contributed by atoms with Crippen LogP contribution in [0.1, 0.15) is 53.7 Å². The first-order chi connectivity index (χ1) is 29.8. The van der Waals surface area contributed by atoms with Gasteiger partial charge in [-0.05, 0) is 70.0 Å². The zero-order valence-electron chi connectivity index (χ0n) is 33.3. The summed E-state index contributed by atoms with van der Waals surface area (Å²) in [6, 6.07) is 50.6. The zero-order chi connectivity index (χ0) is 42.2. The van der Waals surface area contributed by atoms with Crippen molar-refractivity contribution in [3.8, 4) is 28.0 Å². The monoisotopic (exact) mass is 851 g/mol. The van der Waals surface area contributed by atoms with Gasteiger partial charge in [0.1, 0.15) is 10.1 Å². The summed E-state index contributed by atoms with van der Waals surface area (Å²) in [4.78, 5) is 1.95. The number of anilines is 1. The van der Waals surface area contributed by atoms with Gasteiger partial charge in [0.25, 0.3) is 5.52 Å². The minimum atomic E-state index is -4.69. The molecule has 10 nitrogen and oxygen atoms in total. The van der Waals surface area contributed by atoms with E-state index in [9.17, 15) is 18.2 Å². The molecule has 0 spiro atoms. The lowest BCUT2D eigenvalue weighted by Crippen LogP contribution is -2.36. The Morgan fingerprint density at radius 3 is 2.00 bits per heavy atom. The van der Waals surface area contributed by atoms with Gasteiger partial charge in [-0.15, -0.1) is 0 Å². The topological polar surface area (TPSA) is 128 Å². The van der Waals surface area contributed by atoms with Crippen LogP contribution in [0.25, 0.3) is 39.4 Å². The number of hydrogen-bond donors (Lipinski definition) is 0. The highest BCUT2D eigenvalue weighted by Crippen LogP contribution is 2.43. The van der Waals surface area contributed by atoms with Gasteiger partial charge in [0.05, 0.1) is 22.3 Å². The van der Waals surface area contributed by atoms with Crippen molar-refractivity contribution in [2.75, 3.05) is 11.4 Å². The summed E-state index contributed by atoms with van der Waals surface area (Å²) in [5.74, 6) is 1.71. The average molecular weight is 852 g/mol. The zero-order valence-corrected chi connectivity index (χ0v) is 35.0. The van der Waals surface area contributed by atoms with Gasteiger partial charge in [0.15, 0.2) is 12.3 Å². The standard InChI is InChI=1S/C49H44N2O8S2/c1-2-35(31-48-50(29-27-46(60-59-58-52)38-19-11-5-12-20-38)42-33-40(23-25-44(42)56-48)36-15-7-3-8-16-36)32-49-51(30-28-47(61(53,54)55)39-21-13-6-14-22-39)43-34-41(24-26-45(43)57-49)37-17-9-4-10-18-37/h3-26,31-34,46-47H,2,27-30H2,1H3,(H-,52,53,54,55)/p-1. The second-order valence-electron chi connectivity index (χ2n) is 14.6. The van der Waals surface area contributed by atoms with Crippen LogP contribution in [-0.4, -0.2) is 19.5 Å². The summed E-state index contributed by atoms with van der Waals surface area (Å²) in [5.41, 5.74) is 8.73. The van der Waals surface area contributed by atoms with E-state index in [0.717, 1.165) is 56.6 Å². The van der Waals surface area contributed by atoms with Gasteiger partial charge in [-0.3, -0.25) is 5.04 Å². The lowest BCUT2D eigenvalue weighted by molar-refractivity contribution is -0.777. The van der Waals surface area contributed by atoms with E-state index in [4.69, 9.17) is 13.5 Å². The largest absolute Gasteiger partial charge is 0.747 e. The molecule has 0 aliphatic carbocycles. The van der Waals surface area contributed by atoms with Crippen LogP contribution in [0.3, 0.4) is 0 Å². The van der Waals surface area contributed by atoms with Crippen LogP contribution in [0.4, 0.5) is 5.69 Å². The highest BCUT2D eigenvalue weighted by molar-refractivity contribution is 7.94. The Labute approximate surface area is 359 Å². The Kier molecular flexibility index (Phi) is 13.1. The number of allylic oxidation sites excluding steroid dienone is 2. The fourth-order valence-electron chi connectivity index (χ4n) is 7.70. The van der Waals surface area contributed by atoms with E-state index < -0.39 is 15.4 Å². The molecule has 0 fully saturated rings. The predicted octanol–water partition coefficient (Wildman–Crippen LogP) is 10.3. The Morgan fingerprint density at radius 2 is 1.38 bits per heavy atom. The maximum atomic E-state index is 12.7. The molecule has 0 saturated heterocycles. The summed E-state index contributed by atoms with van der Waals surface area (Å²) >= 11 is 0.965. The van der Waals surface area contributed by atoms with Crippen molar-refractivity contribution in [3.63, 3.8) is 0 Å². The third-order valence-corrected chi connectivity index (χ3v) is 12.9. The number of aryl methyl sites for hydroxylation is 1. The lowest BCUT2D eigenvalue weighted by atomic mass is 10.0. The first-order valence-corrected chi connectivity index (χ1v) is 22.3. The average Bonchev–Trinajstić information content (AvgIpc) is 3.82. The molecule has 0 radical (unpaired) electrons. The van der Waals surface area contributed by atoms with E-state index >= 15 is 0 Å². The molecule has 0 saturated carbocycles. The van der Waals surface area contributed by atoms with Crippen LogP contribution in [0.2, 0.25) is 0 Å². The molecular formula is C49H43N2O8S2-. The minimum absolute atomic E-state index is 0.0335. The third kappa shape index (κ3) is 9.81. The lowest BCUT2D eigenvalue weighted by Gasteiger charge is -2.25. The van der Waals surface area contributed by atoms with Gasteiger partial charge in [0.2, 0.25) is 11.5 Å². The van der Waals surface area contributed by atoms with Crippen molar-refractivity contribution in [2.45, 2.75) is 43.2 Å². The van der Waals surface area contributed by atoms with Crippen molar-refractivity contribution in [3.05, 3.63) is 192 Å². The van der Waals surface area contributed by atoms with Crippen LogP contribution < -0.4 is 19.5 Å². The van der Waals surface area contributed by atoms with Crippen LogP contribution in [-0.2, 0) is 26.0 Å². The summed E-state index contributed by atoms with van der Waals surface area (Å²) in [6.07, 6.45) is 5.13. The molecular weight excluding hydrogens is 809 g/mol. The van der Waals surface area contributed by atoms with Gasteiger partial charge >= 0.3 is 5.89 Å². The maximum Gasteiger partial charge on any atom is 0.374 e. The predicted molar refractivity (Wildman–Crippen MR) is 235 cm³/mol. The molecule has 7 aromatic rings. The molecule has 1 aliphatic heterocycles. The minimum Gasteiger partial charge on any atom is -0.747 e. The Hall–Kier alpha value is -5.99. The highest BCUT2D eigenvalue weighted by Gasteiger charge is 2.30. The van der Waals surface area contributed by atoms with Gasteiger partial charge < -0.3 is 23.9 Å². The van der Waals surface area contributed by atoms with E-state index in [0.29, 0.717) is 48.1 Å². The fourth-order valence-corrected chi connectivity index (χ4v) is 9.18. The second kappa shape index (κ2) is 19.2. The van der Waals surface area contributed by atoms with E-state index in [1.807, 2.05) is 133 Å². The van der Waals surface area contributed by atoms with Crippen molar-refractivity contribution in [1.29, 1.82) is 0 Å². The first kappa shape index (κ1) is 41.7. The molecule has 6 aromatic carbocycles. The van der Waals surface area contributed by atoms with Crippen LogP contribution in [0.5, 0.6) is 5.75 Å². The first-order valence-electron chi connectivity index (χ1n) is 20.0. The number of benzene rings is 6. The number of nitrogens with zero attached hydrogens (tertiary/aromatic N) is 2. The Balaban J connectivity index is 1.19. The van der Waals surface area contributed by atoms with Crippen molar-refractivity contribution < 1.29 is 41.3 Å². The number of ether oxygens (including phenoxy) is 1. The second-order valence-corrected chi connectivity index (χ2v) is 17.1. The molecule has 1 aromatic heterocycles. The molecule has 310 valence electrons. The fraction of sp³-hybridized carbons (Fsp3) is 0.163. The van der Waals surface area contributed by atoms with Crippen molar-refractivity contribution in [2.24, 2.45) is 0 Å². The molecule has 12 heteroatoms. The van der Waals surface area contributed by atoms with Crippen LogP contribution >= 0.6 is 12.0 Å². The third-order valence-electron chi connectivity index (χ3n) is 10.8. The van der Waals surface area contributed by atoms with Gasteiger partial charge in [-0.1, -0.05) is 140 Å². The quantitative estimate of drug-likeness (QED) is 0.0287. The SMILES string of the molecule is CCC(=Cc1oc2ccc(-c3ccccc3)cc2[n+]1CCC(SOO[O-])c1ccccc1)C=C1Oc2ccc(-c3ccccc3)cc2N1CCC(c1ccccc1)S(=O)(=O)[O-]. The highest BCUT2D eigenvalue weighted by atomic mass is 32.2. The smallest absolute Gasteiger partial charge is 0.374 e. The number of hydrogen-bond acceptors (Lipinski definition) is 10. The number of aromatic nitrogens is 1. The van der Waals surface area contributed by atoms with E-state index in [1.54, 1.807) is 30.3 Å². The number of fused-ring (bicyclic) bond motifs is 2.